The first-order chi connectivity index (χ1) is 9.74. The van der Waals surface area contributed by atoms with E-state index in [0.29, 0.717) is 18.5 Å². The minimum atomic E-state index is 0.500. The summed E-state index contributed by atoms with van der Waals surface area (Å²) in [4.78, 5) is 12.9. The smallest absolute Gasteiger partial charge is 0.188 e. The van der Waals surface area contributed by atoms with Crippen molar-refractivity contribution in [2.75, 3.05) is 6.54 Å². The Labute approximate surface area is 121 Å². The van der Waals surface area contributed by atoms with E-state index < -0.39 is 0 Å². The highest BCUT2D eigenvalue weighted by Crippen LogP contribution is 2.16. The van der Waals surface area contributed by atoms with Crippen LogP contribution in [0.15, 0.2) is 17.4 Å². The average molecular weight is 275 g/mol. The van der Waals surface area contributed by atoms with E-state index in [0.717, 1.165) is 17.8 Å². The predicted molar refractivity (Wildman–Crippen MR) is 81.6 cm³/mol. The minimum absolute atomic E-state index is 0.500. The lowest BCUT2D eigenvalue weighted by molar-refractivity contribution is 0.530. The van der Waals surface area contributed by atoms with Crippen LogP contribution in [-0.4, -0.2) is 28.5 Å². The number of aromatic nitrogens is 2. The third kappa shape index (κ3) is 5.15. The molecule has 0 radical (unpaired) electrons. The topological polar surface area (TPSA) is 76.2 Å². The van der Waals surface area contributed by atoms with Crippen LogP contribution in [0.2, 0.25) is 0 Å². The van der Waals surface area contributed by atoms with Gasteiger partial charge in [-0.25, -0.2) is 0 Å². The highest BCUT2D eigenvalue weighted by molar-refractivity contribution is 5.78. The van der Waals surface area contributed by atoms with Crippen LogP contribution in [0, 0.1) is 6.92 Å². The number of hydrogen-bond acceptors (Lipinski definition) is 3. The molecule has 0 bridgehead atoms. The summed E-state index contributed by atoms with van der Waals surface area (Å²) in [6.45, 7) is 2.59. The van der Waals surface area contributed by atoms with E-state index in [1.165, 1.54) is 38.5 Å². The van der Waals surface area contributed by atoms with E-state index in [9.17, 15) is 0 Å². The summed E-state index contributed by atoms with van der Waals surface area (Å²) in [7, 11) is 0. The highest BCUT2D eigenvalue weighted by atomic mass is 15.1. The van der Waals surface area contributed by atoms with Gasteiger partial charge in [-0.15, -0.1) is 0 Å². The number of aliphatic imine (C=N–C) groups is 1. The van der Waals surface area contributed by atoms with E-state index in [4.69, 9.17) is 5.73 Å². The number of hydrogen-bond donors (Lipinski definition) is 2. The fourth-order valence-corrected chi connectivity index (χ4v) is 2.52. The standard InChI is InChI=1S/C15H25N5/c1-12-10-19-14(11-18-12)8-9-17-15(16)20-13-6-4-2-3-5-7-13/h10-11,13H,2-9H2,1H3,(H3,16,17,20). The number of nitrogens with two attached hydrogens (primary N) is 1. The molecule has 20 heavy (non-hydrogen) atoms. The van der Waals surface area contributed by atoms with Gasteiger partial charge in [0.05, 0.1) is 11.4 Å². The van der Waals surface area contributed by atoms with Crippen molar-refractivity contribution in [1.29, 1.82) is 0 Å². The van der Waals surface area contributed by atoms with Crippen LogP contribution in [0.1, 0.15) is 49.9 Å². The van der Waals surface area contributed by atoms with Gasteiger partial charge in [-0.3, -0.25) is 15.0 Å². The Hall–Kier alpha value is -1.65. The van der Waals surface area contributed by atoms with Crippen molar-refractivity contribution < 1.29 is 0 Å². The molecule has 3 N–H and O–H groups in total. The highest BCUT2D eigenvalue weighted by Gasteiger charge is 2.12. The predicted octanol–water partition coefficient (Wildman–Crippen LogP) is 1.95. The van der Waals surface area contributed by atoms with Gasteiger partial charge in [-0.05, 0) is 19.8 Å². The monoisotopic (exact) mass is 275 g/mol. The molecule has 1 aromatic rings. The van der Waals surface area contributed by atoms with Gasteiger partial charge in [0, 0.05) is 31.4 Å². The van der Waals surface area contributed by atoms with Gasteiger partial charge in [0.2, 0.25) is 0 Å². The molecular weight excluding hydrogens is 250 g/mol. The Morgan fingerprint density at radius 3 is 2.65 bits per heavy atom. The normalized spacial score (nSPS) is 17.8. The van der Waals surface area contributed by atoms with Crippen LogP contribution in [0.4, 0.5) is 0 Å². The molecule has 0 unspecified atom stereocenters. The Kier molecular flexibility index (Phi) is 5.77. The molecule has 5 nitrogen and oxygen atoms in total. The van der Waals surface area contributed by atoms with Gasteiger partial charge < -0.3 is 11.1 Å². The van der Waals surface area contributed by atoms with Crippen LogP contribution in [-0.2, 0) is 6.42 Å². The Bertz CT molecular complexity index is 418. The Morgan fingerprint density at radius 2 is 2.00 bits per heavy atom. The van der Waals surface area contributed by atoms with Gasteiger partial charge in [0.15, 0.2) is 5.96 Å². The molecule has 1 aromatic heterocycles. The zero-order valence-corrected chi connectivity index (χ0v) is 12.3. The third-order valence-electron chi connectivity index (χ3n) is 3.69. The molecule has 0 aliphatic heterocycles. The second-order valence-corrected chi connectivity index (χ2v) is 5.50. The van der Waals surface area contributed by atoms with Crippen LogP contribution >= 0.6 is 0 Å². The summed E-state index contributed by atoms with van der Waals surface area (Å²) in [5.74, 6) is 0.567. The molecule has 1 fully saturated rings. The van der Waals surface area contributed by atoms with Crippen molar-refractivity contribution >= 4 is 5.96 Å². The van der Waals surface area contributed by atoms with Gasteiger partial charge in [-0.1, -0.05) is 25.7 Å². The molecule has 1 heterocycles. The molecular formula is C15H25N5. The quantitative estimate of drug-likeness (QED) is 0.500. The van der Waals surface area contributed by atoms with Gasteiger partial charge >= 0.3 is 0 Å². The van der Waals surface area contributed by atoms with Crippen molar-refractivity contribution in [3.05, 3.63) is 23.8 Å². The van der Waals surface area contributed by atoms with Crippen molar-refractivity contribution in [3.8, 4) is 0 Å². The van der Waals surface area contributed by atoms with E-state index in [1.807, 2.05) is 6.92 Å². The zero-order valence-electron chi connectivity index (χ0n) is 12.3. The first-order valence-electron chi connectivity index (χ1n) is 7.58. The summed E-state index contributed by atoms with van der Waals surface area (Å²) < 4.78 is 0. The van der Waals surface area contributed by atoms with Crippen molar-refractivity contribution in [2.45, 2.75) is 57.9 Å². The molecule has 1 aliphatic rings. The van der Waals surface area contributed by atoms with Gasteiger partial charge in [0.1, 0.15) is 0 Å². The summed E-state index contributed by atoms with van der Waals surface area (Å²) in [6.07, 6.45) is 12.1. The first kappa shape index (κ1) is 14.8. The number of aryl methyl sites for hydroxylation is 1. The summed E-state index contributed by atoms with van der Waals surface area (Å²) in [5, 5.41) is 3.35. The second-order valence-electron chi connectivity index (χ2n) is 5.50. The molecule has 1 aliphatic carbocycles. The van der Waals surface area contributed by atoms with E-state index in [-0.39, 0.29) is 0 Å². The average Bonchev–Trinajstić information content (AvgIpc) is 2.70. The Balaban J connectivity index is 1.74. The SMILES string of the molecule is Cc1cnc(CCN=C(N)NC2CCCCCC2)cn1. The fourth-order valence-electron chi connectivity index (χ4n) is 2.52. The minimum Gasteiger partial charge on any atom is -0.370 e. The molecule has 1 saturated carbocycles. The summed E-state index contributed by atoms with van der Waals surface area (Å²) in [5.41, 5.74) is 7.84. The Morgan fingerprint density at radius 1 is 1.25 bits per heavy atom. The molecule has 5 heteroatoms. The van der Waals surface area contributed by atoms with Gasteiger partial charge in [-0.2, -0.15) is 0 Å². The summed E-state index contributed by atoms with van der Waals surface area (Å²) in [6, 6.07) is 0.500. The van der Waals surface area contributed by atoms with Crippen LogP contribution in [0.25, 0.3) is 0 Å². The fraction of sp³-hybridized carbons (Fsp3) is 0.667. The zero-order chi connectivity index (χ0) is 14.2. The largest absolute Gasteiger partial charge is 0.370 e. The molecule has 0 spiro atoms. The molecule has 0 atom stereocenters. The van der Waals surface area contributed by atoms with E-state index in [2.05, 4.69) is 20.3 Å². The van der Waals surface area contributed by atoms with E-state index >= 15 is 0 Å². The second kappa shape index (κ2) is 7.82. The lowest BCUT2D eigenvalue weighted by atomic mass is 10.1. The number of nitrogens with one attached hydrogen (secondary N) is 1. The third-order valence-corrected chi connectivity index (χ3v) is 3.69. The molecule has 2 rings (SSSR count). The number of guanidine groups is 1. The first-order valence-corrected chi connectivity index (χ1v) is 7.58. The van der Waals surface area contributed by atoms with Crippen molar-refractivity contribution in [3.63, 3.8) is 0 Å². The van der Waals surface area contributed by atoms with Crippen molar-refractivity contribution in [2.24, 2.45) is 10.7 Å². The number of rotatable bonds is 4. The lowest BCUT2D eigenvalue weighted by Gasteiger charge is -2.16. The lowest BCUT2D eigenvalue weighted by Crippen LogP contribution is -2.40. The molecule has 0 saturated heterocycles. The molecule has 110 valence electrons. The molecule has 0 aromatic carbocycles. The summed E-state index contributed by atoms with van der Waals surface area (Å²) >= 11 is 0. The van der Waals surface area contributed by atoms with Crippen molar-refractivity contribution in [1.82, 2.24) is 15.3 Å². The van der Waals surface area contributed by atoms with Crippen LogP contribution < -0.4 is 11.1 Å². The number of nitrogens with zero attached hydrogens (tertiary/aromatic N) is 3. The van der Waals surface area contributed by atoms with Crippen LogP contribution in [0.3, 0.4) is 0 Å². The van der Waals surface area contributed by atoms with E-state index in [1.54, 1.807) is 12.4 Å². The van der Waals surface area contributed by atoms with Gasteiger partial charge in [0.25, 0.3) is 0 Å². The maximum Gasteiger partial charge on any atom is 0.188 e. The molecule has 0 amide bonds. The maximum atomic E-state index is 5.95. The maximum absolute atomic E-state index is 5.95. The van der Waals surface area contributed by atoms with Crippen LogP contribution in [0.5, 0.6) is 0 Å².